The first-order valence-corrected chi connectivity index (χ1v) is 7.57. The molecule has 1 aromatic heterocycles. The number of hydrogen-bond acceptors (Lipinski definition) is 4. The lowest BCUT2D eigenvalue weighted by molar-refractivity contribution is 0.599. The van der Waals surface area contributed by atoms with Gasteiger partial charge in [0.05, 0.1) is 17.6 Å². The van der Waals surface area contributed by atoms with E-state index in [1.807, 2.05) is 6.92 Å². The summed E-state index contributed by atoms with van der Waals surface area (Å²) in [4.78, 5) is 0. The van der Waals surface area contributed by atoms with Crippen molar-refractivity contribution in [3.63, 3.8) is 0 Å². The Bertz CT molecular complexity index is 647. The van der Waals surface area contributed by atoms with E-state index in [1.165, 1.54) is 4.68 Å². The first-order valence-electron chi connectivity index (χ1n) is 5.92. The summed E-state index contributed by atoms with van der Waals surface area (Å²) in [6.45, 7) is 1.82. The number of rotatable bonds is 5. The molecule has 3 N–H and O–H groups in total. The minimum atomic E-state index is -3.33. The molecule has 2 rings (SSSR count). The molecule has 2 aromatic rings. The fraction of sp³-hybridized carbons (Fsp3) is 0.250. The van der Waals surface area contributed by atoms with Crippen LogP contribution in [0.1, 0.15) is 13.3 Å². The highest BCUT2D eigenvalue weighted by molar-refractivity contribution is 7.92. The Kier molecular flexibility index (Phi) is 3.75. The van der Waals surface area contributed by atoms with Gasteiger partial charge in [-0.05, 0) is 30.7 Å². The highest BCUT2D eigenvalue weighted by Crippen LogP contribution is 2.17. The summed E-state index contributed by atoms with van der Waals surface area (Å²) >= 11 is 0. The minimum Gasteiger partial charge on any atom is -0.399 e. The van der Waals surface area contributed by atoms with Gasteiger partial charge in [0.1, 0.15) is 5.82 Å². The smallest absolute Gasteiger partial charge is 0.233 e. The zero-order valence-electron chi connectivity index (χ0n) is 10.6. The van der Waals surface area contributed by atoms with Gasteiger partial charge in [-0.15, -0.1) is 0 Å². The van der Waals surface area contributed by atoms with Gasteiger partial charge < -0.3 is 5.73 Å². The van der Waals surface area contributed by atoms with Crippen molar-refractivity contribution in [3.8, 4) is 5.69 Å². The van der Waals surface area contributed by atoms with E-state index in [2.05, 4.69) is 9.82 Å². The van der Waals surface area contributed by atoms with Crippen molar-refractivity contribution in [2.75, 3.05) is 16.2 Å². The van der Waals surface area contributed by atoms with E-state index < -0.39 is 10.0 Å². The van der Waals surface area contributed by atoms with Gasteiger partial charge in [0, 0.05) is 11.8 Å². The number of nitrogens with zero attached hydrogens (tertiary/aromatic N) is 2. The fourth-order valence-corrected chi connectivity index (χ4v) is 2.79. The van der Waals surface area contributed by atoms with E-state index in [-0.39, 0.29) is 5.75 Å². The molecule has 0 atom stereocenters. The minimum absolute atomic E-state index is 0.0833. The number of anilines is 2. The number of benzene rings is 1. The molecule has 0 bridgehead atoms. The van der Waals surface area contributed by atoms with Gasteiger partial charge in [0.2, 0.25) is 10.0 Å². The summed E-state index contributed by atoms with van der Waals surface area (Å²) in [7, 11) is -3.33. The van der Waals surface area contributed by atoms with E-state index >= 15 is 0 Å². The Balaban J connectivity index is 2.30. The highest BCUT2D eigenvalue weighted by Gasteiger charge is 2.13. The molecule has 0 aliphatic heterocycles. The van der Waals surface area contributed by atoms with Crippen molar-refractivity contribution in [2.45, 2.75) is 13.3 Å². The summed E-state index contributed by atoms with van der Waals surface area (Å²) in [5.74, 6) is 0.498. The number of nitrogens with two attached hydrogens (primary N) is 1. The Morgan fingerprint density at radius 1 is 1.26 bits per heavy atom. The maximum Gasteiger partial charge on any atom is 0.233 e. The lowest BCUT2D eigenvalue weighted by atomic mass is 10.3. The van der Waals surface area contributed by atoms with Crippen LogP contribution in [0, 0.1) is 0 Å². The second-order valence-corrected chi connectivity index (χ2v) is 5.98. The second-order valence-electron chi connectivity index (χ2n) is 4.14. The predicted octanol–water partition coefficient (Wildman–Crippen LogP) is 1.61. The van der Waals surface area contributed by atoms with Crippen LogP contribution in [0.2, 0.25) is 0 Å². The van der Waals surface area contributed by atoms with Gasteiger partial charge in [0.25, 0.3) is 0 Å². The van der Waals surface area contributed by atoms with Crippen LogP contribution in [0.5, 0.6) is 0 Å². The van der Waals surface area contributed by atoms with Gasteiger partial charge in [-0.1, -0.05) is 6.92 Å². The fourth-order valence-electron chi connectivity index (χ4n) is 1.68. The molecule has 0 amide bonds. The largest absolute Gasteiger partial charge is 0.399 e. The lowest BCUT2D eigenvalue weighted by Crippen LogP contribution is -2.18. The van der Waals surface area contributed by atoms with Crippen molar-refractivity contribution in [1.29, 1.82) is 0 Å². The Labute approximate surface area is 112 Å². The monoisotopic (exact) mass is 280 g/mol. The lowest BCUT2D eigenvalue weighted by Gasteiger charge is -2.10. The molecule has 0 aliphatic carbocycles. The summed E-state index contributed by atoms with van der Waals surface area (Å²) in [5, 5.41) is 4.11. The molecule has 6 nitrogen and oxygen atoms in total. The number of hydrogen-bond donors (Lipinski definition) is 2. The van der Waals surface area contributed by atoms with E-state index in [4.69, 9.17) is 5.73 Å². The molecule has 0 fully saturated rings. The summed E-state index contributed by atoms with van der Waals surface area (Å²) in [6.07, 6.45) is 2.10. The van der Waals surface area contributed by atoms with Crippen molar-refractivity contribution in [3.05, 3.63) is 36.5 Å². The van der Waals surface area contributed by atoms with E-state index in [9.17, 15) is 8.42 Å². The maximum atomic E-state index is 11.8. The van der Waals surface area contributed by atoms with Crippen LogP contribution in [-0.2, 0) is 10.0 Å². The molecule has 0 unspecified atom stereocenters. The molecule has 0 spiro atoms. The Hall–Kier alpha value is -2.02. The number of aromatic nitrogens is 2. The normalized spacial score (nSPS) is 11.4. The average molecular weight is 280 g/mol. The SMILES string of the molecule is CCCS(=O)(=O)Nc1ccnn1-c1ccc(N)cc1. The third kappa shape index (κ3) is 3.25. The quantitative estimate of drug-likeness (QED) is 0.814. The Morgan fingerprint density at radius 2 is 1.95 bits per heavy atom. The number of nitrogens with one attached hydrogen (secondary N) is 1. The first kappa shape index (κ1) is 13.4. The average Bonchev–Trinajstić information content (AvgIpc) is 2.77. The maximum absolute atomic E-state index is 11.8. The summed E-state index contributed by atoms with van der Waals surface area (Å²) in [6, 6.07) is 8.64. The van der Waals surface area contributed by atoms with Crippen molar-refractivity contribution < 1.29 is 8.42 Å². The first-order chi connectivity index (χ1) is 9.02. The molecule has 0 saturated carbocycles. The third-order valence-electron chi connectivity index (χ3n) is 2.51. The molecule has 0 aliphatic rings. The molecule has 0 radical (unpaired) electrons. The molecule has 19 heavy (non-hydrogen) atoms. The van der Waals surface area contributed by atoms with Crippen LogP contribution in [0.25, 0.3) is 5.69 Å². The molecule has 1 aromatic carbocycles. The molecule has 7 heteroatoms. The zero-order valence-corrected chi connectivity index (χ0v) is 11.4. The van der Waals surface area contributed by atoms with E-state index in [1.54, 1.807) is 36.5 Å². The molecular formula is C12H16N4O2S. The van der Waals surface area contributed by atoms with Gasteiger partial charge in [-0.2, -0.15) is 5.10 Å². The van der Waals surface area contributed by atoms with Crippen LogP contribution >= 0.6 is 0 Å². The molecular weight excluding hydrogens is 264 g/mol. The topological polar surface area (TPSA) is 90.0 Å². The molecule has 0 saturated heterocycles. The van der Waals surface area contributed by atoms with E-state index in [0.717, 1.165) is 5.69 Å². The predicted molar refractivity (Wildman–Crippen MR) is 75.7 cm³/mol. The highest BCUT2D eigenvalue weighted by atomic mass is 32.2. The zero-order chi connectivity index (χ0) is 13.9. The molecule has 102 valence electrons. The van der Waals surface area contributed by atoms with Crippen LogP contribution in [0.3, 0.4) is 0 Å². The van der Waals surface area contributed by atoms with Crippen molar-refractivity contribution in [2.24, 2.45) is 0 Å². The van der Waals surface area contributed by atoms with Crippen LogP contribution < -0.4 is 10.5 Å². The second kappa shape index (κ2) is 5.31. The van der Waals surface area contributed by atoms with Crippen molar-refractivity contribution in [1.82, 2.24) is 9.78 Å². The van der Waals surface area contributed by atoms with Crippen LogP contribution in [0.4, 0.5) is 11.5 Å². The standard InChI is InChI=1S/C12H16N4O2S/c1-2-9-19(17,18)15-12-7-8-14-16(12)11-5-3-10(13)4-6-11/h3-8,15H,2,9,13H2,1H3. The van der Waals surface area contributed by atoms with Gasteiger partial charge >= 0.3 is 0 Å². The summed E-state index contributed by atoms with van der Waals surface area (Å²) < 4.78 is 27.6. The van der Waals surface area contributed by atoms with Gasteiger partial charge in [-0.3, -0.25) is 4.72 Å². The molecule has 1 heterocycles. The van der Waals surface area contributed by atoms with Crippen LogP contribution in [-0.4, -0.2) is 24.0 Å². The van der Waals surface area contributed by atoms with Gasteiger partial charge in [0.15, 0.2) is 0 Å². The number of sulfonamides is 1. The van der Waals surface area contributed by atoms with Gasteiger partial charge in [-0.25, -0.2) is 13.1 Å². The van der Waals surface area contributed by atoms with Crippen molar-refractivity contribution >= 4 is 21.5 Å². The Morgan fingerprint density at radius 3 is 2.58 bits per heavy atom. The third-order valence-corrected chi connectivity index (χ3v) is 3.98. The van der Waals surface area contributed by atoms with E-state index in [0.29, 0.717) is 17.9 Å². The summed E-state index contributed by atoms with van der Waals surface area (Å²) in [5.41, 5.74) is 7.00. The van der Waals surface area contributed by atoms with Crippen LogP contribution in [0.15, 0.2) is 36.5 Å². The number of nitrogen functional groups attached to an aromatic ring is 1.